The molecule has 0 spiro atoms. The summed E-state index contributed by atoms with van der Waals surface area (Å²) in [5.41, 5.74) is 0. The van der Waals surface area contributed by atoms with E-state index in [-0.39, 0.29) is 35.2 Å². The lowest BCUT2D eigenvalue weighted by molar-refractivity contribution is -0.132. The minimum Gasteiger partial charge on any atom is -0.335 e. The predicted octanol–water partition coefficient (Wildman–Crippen LogP) is 0.855. The lowest BCUT2D eigenvalue weighted by atomic mass is 10.1. The number of thioether (sulfide) groups is 1. The topological polar surface area (TPSA) is 96.0 Å². The lowest BCUT2D eigenvalue weighted by Gasteiger charge is -2.34. The first kappa shape index (κ1) is 15.8. The van der Waals surface area contributed by atoms with Crippen LogP contribution in [0.4, 0.5) is 0 Å². The third-order valence-corrected chi connectivity index (χ3v) is 6.94. The van der Waals surface area contributed by atoms with Crippen LogP contribution in [0.2, 0.25) is 0 Å². The van der Waals surface area contributed by atoms with Crippen LogP contribution in [0.25, 0.3) is 0 Å². The molecular weight excluding hydrogens is 324 g/mol. The number of sulfone groups is 1. The van der Waals surface area contributed by atoms with Gasteiger partial charge in [0.25, 0.3) is 0 Å². The minimum absolute atomic E-state index is 0.00963. The Hall–Kier alpha value is -1.09. The number of nitrogens with zero attached hydrogens (tertiary/aromatic N) is 3. The fourth-order valence-corrected chi connectivity index (χ4v) is 5.71. The number of hydrogen-bond acceptors (Lipinski definition) is 6. The van der Waals surface area contributed by atoms with Gasteiger partial charge in [-0.15, -0.1) is 0 Å². The molecule has 1 saturated carbocycles. The van der Waals surface area contributed by atoms with Crippen molar-refractivity contribution in [1.82, 2.24) is 20.1 Å². The average molecular weight is 344 g/mol. The summed E-state index contributed by atoms with van der Waals surface area (Å²) in [6.07, 6.45) is 6.17. The molecule has 0 aromatic carbocycles. The van der Waals surface area contributed by atoms with Crippen molar-refractivity contribution in [2.24, 2.45) is 0 Å². The summed E-state index contributed by atoms with van der Waals surface area (Å²) in [5.74, 6) is 0.587. The Morgan fingerprint density at radius 2 is 2.09 bits per heavy atom. The molecular formula is C13H20N4O3S2. The van der Waals surface area contributed by atoms with E-state index in [4.69, 9.17) is 0 Å². The molecule has 3 rings (SSSR count). The van der Waals surface area contributed by atoms with Crippen molar-refractivity contribution in [3.05, 3.63) is 6.33 Å². The number of rotatable bonds is 5. The van der Waals surface area contributed by atoms with Crippen LogP contribution >= 0.6 is 11.8 Å². The van der Waals surface area contributed by atoms with Crippen molar-refractivity contribution in [3.8, 4) is 0 Å². The van der Waals surface area contributed by atoms with Crippen molar-refractivity contribution in [2.75, 3.05) is 17.3 Å². The maximum Gasteiger partial charge on any atom is 0.233 e. The normalized spacial score (nSPS) is 24.6. The summed E-state index contributed by atoms with van der Waals surface area (Å²) in [6, 6.07) is 0.0389. The highest BCUT2D eigenvalue weighted by Crippen LogP contribution is 2.30. The fourth-order valence-electron chi connectivity index (χ4n) is 3.35. The van der Waals surface area contributed by atoms with Crippen molar-refractivity contribution in [1.29, 1.82) is 0 Å². The van der Waals surface area contributed by atoms with Gasteiger partial charge in [-0.05, 0) is 19.3 Å². The van der Waals surface area contributed by atoms with Gasteiger partial charge in [-0.2, -0.15) is 5.10 Å². The van der Waals surface area contributed by atoms with Gasteiger partial charge in [0.1, 0.15) is 6.33 Å². The molecule has 122 valence electrons. The minimum atomic E-state index is -2.99. The summed E-state index contributed by atoms with van der Waals surface area (Å²) >= 11 is 1.31. The molecule has 1 aliphatic heterocycles. The Balaban J connectivity index is 1.69. The van der Waals surface area contributed by atoms with E-state index in [1.165, 1.54) is 18.1 Å². The first-order valence-electron chi connectivity index (χ1n) is 7.55. The molecule has 1 aliphatic carbocycles. The number of amides is 1. The molecule has 9 heteroatoms. The summed E-state index contributed by atoms with van der Waals surface area (Å²) in [4.78, 5) is 18.5. The number of aromatic amines is 1. The van der Waals surface area contributed by atoms with Crippen LogP contribution < -0.4 is 0 Å². The zero-order valence-corrected chi connectivity index (χ0v) is 13.9. The highest BCUT2D eigenvalue weighted by Gasteiger charge is 2.38. The van der Waals surface area contributed by atoms with Crippen LogP contribution in [0.5, 0.6) is 0 Å². The van der Waals surface area contributed by atoms with E-state index in [0.717, 1.165) is 25.7 Å². The predicted molar refractivity (Wildman–Crippen MR) is 83.3 cm³/mol. The monoisotopic (exact) mass is 344 g/mol. The van der Waals surface area contributed by atoms with Gasteiger partial charge in [0, 0.05) is 12.1 Å². The van der Waals surface area contributed by atoms with Crippen molar-refractivity contribution in [2.45, 2.75) is 49.3 Å². The van der Waals surface area contributed by atoms with Crippen LogP contribution in [-0.2, 0) is 14.6 Å². The van der Waals surface area contributed by atoms with Crippen LogP contribution in [-0.4, -0.2) is 63.7 Å². The third-order valence-electron chi connectivity index (χ3n) is 4.33. The standard InChI is InChI=1S/C13H20N4O3S2/c18-12(7-21-13-14-9-15-16-13)17(10-3-1-2-4-10)11-5-6-22(19,20)8-11/h9-11H,1-8H2,(H,14,15,16)/t11-/m1/s1. The first-order valence-corrected chi connectivity index (χ1v) is 10.4. The summed E-state index contributed by atoms with van der Waals surface area (Å²) in [6.45, 7) is 0. The second-order valence-corrected chi connectivity index (χ2v) is 9.07. The van der Waals surface area contributed by atoms with Crippen LogP contribution in [0, 0.1) is 0 Å². The molecule has 0 unspecified atom stereocenters. The Kier molecular flexibility index (Phi) is 4.72. The molecule has 7 nitrogen and oxygen atoms in total. The number of H-pyrrole nitrogens is 1. The molecule has 1 amide bonds. The van der Waals surface area contributed by atoms with E-state index in [9.17, 15) is 13.2 Å². The van der Waals surface area contributed by atoms with Gasteiger partial charge in [0.15, 0.2) is 15.0 Å². The second kappa shape index (κ2) is 6.57. The van der Waals surface area contributed by atoms with Gasteiger partial charge in [-0.1, -0.05) is 24.6 Å². The molecule has 2 fully saturated rings. The molecule has 1 atom stereocenters. The van der Waals surface area contributed by atoms with E-state index >= 15 is 0 Å². The van der Waals surface area contributed by atoms with E-state index < -0.39 is 9.84 Å². The summed E-state index contributed by atoms with van der Waals surface area (Å²) in [5, 5.41) is 7.09. The average Bonchev–Trinajstić information content (AvgIpc) is 3.19. The number of carbonyl (C=O) groups is 1. The van der Waals surface area contributed by atoms with Gasteiger partial charge in [0.2, 0.25) is 5.91 Å². The zero-order chi connectivity index (χ0) is 15.6. The first-order chi connectivity index (χ1) is 10.6. The van der Waals surface area contributed by atoms with E-state index in [0.29, 0.717) is 11.6 Å². The van der Waals surface area contributed by atoms with E-state index in [1.807, 2.05) is 4.90 Å². The van der Waals surface area contributed by atoms with Gasteiger partial charge in [-0.3, -0.25) is 9.89 Å². The number of carbonyl (C=O) groups excluding carboxylic acids is 1. The Morgan fingerprint density at radius 3 is 2.68 bits per heavy atom. The molecule has 2 aliphatic rings. The molecule has 1 aromatic rings. The largest absolute Gasteiger partial charge is 0.335 e. The molecule has 2 heterocycles. The van der Waals surface area contributed by atoms with Crippen molar-refractivity contribution >= 4 is 27.5 Å². The summed E-state index contributed by atoms with van der Waals surface area (Å²) in [7, 11) is -2.99. The van der Waals surface area contributed by atoms with Crippen molar-refractivity contribution < 1.29 is 13.2 Å². The lowest BCUT2D eigenvalue weighted by Crippen LogP contribution is -2.47. The number of hydrogen-bond donors (Lipinski definition) is 1. The SMILES string of the molecule is O=C(CSc1ncn[nH]1)N(C1CCCC1)[C@@H]1CCS(=O)(=O)C1. The maximum absolute atomic E-state index is 12.7. The van der Waals surface area contributed by atoms with E-state index in [1.54, 1.807) is 0 Å². The fraction of sp³-hybridized carbons (Fsp3) is 0.769. The Bertz CT molecular complexity index is 611. The van der Waals surface area contributed by atoms with Crippen molar-refractivity contribution in [3.63, 3.8) is 0 Å². The molecule has 1 N–H and O–H groups in total. The third kappa shape index (κ3) is 3.62. The smallest absolute Gasteiger partial charge is 0.233 e. The molecule has 0 radical (unpaired) electrons. The molecule has 22 heavy (non-hydrogen) atoms. The van der Waals surface area contributed by atoms with Crippen LogP contribution in [0.3, 0.4) is 0 Å². The highest BCUT2D eigenvalue weighted by atomic mass is 32.2. The molecule has 1 aromatic heterocycles. The number of aromatic nitrogens is 3. The maximum atomic E-state index is 12.7. The van der Waals surface area contributed by atoms with Crippen LogP contribution in [0.15, 0.2) is 11.5 Å². The second-order valence-electron chi connectivity index (χ2n) is 5.88. The van der Waals surface area contributed by atoms with Crippen LogP contribution in [0.1, 0.15) is 32.1 Å². The molecule has 0 bridgehead atoms. The molecule has 1 saturated heterocycles. The Morgan fingerprint density at radius 1 is 1.32 bits per heavy atom. The van der Waals surface area contributed by atoms with Gasteiger partial charge in [-0.25, -0.2) is 13.4 Å². The summed E-state index contributed by atoms with van der Waals surface area (Å²) < 4.78 is 23.5. The highest BCUT2D eigenvalue weighted by molar-refractivity contribution is 7.99. The van der Waals surface area contributed by atoms with Gasteiger partial charge < -0.3 is 4.90 Å². The van der Waals surface area contributed by atoms with Gasteiger partial charge >= 0.3 is 0 Å². The number of nitrogens with one attached hydrogen (secondary N) is 1. The van der Waals surface area contributed by atoms with E-state index in [2.05, 4.69) is 15.2 Å². The van der Waals surface area contributed by atoms with Gasteiger partial charge in [0.05, 0.1) is 17.3 Å². The quantitative estimate of drug-likeness (QED) is 0.796. The Labute approximate surface area is 134 Å². The zero-order valence-electron chi connectivity index (χ0n) is 12.3.